The maximum atomic E-state index is 12.9. The number of carbonyl (C=O) groups is 1. The third kappa shape index (κ3) is 7.01. The van der Waals surface area contributed by atoms with Crippen LogP contribution in [0.3, 0.4) is 0 Å². The Bertz CT molecular complexity index is 1570. The molecule has 3 aromatic carbocycles. The molecule has 0 unspecified atom stereocenters. The molecule has 2 heterocycles. The molecule has 0 aromatic heterocycles. The third-order valence-corrected chi connectivity index (χ3v) is 7.24. The molecule has 0 atom stereocenters. The molecule has 5 rings (SSSR count). The van der Waals surface area contributed by atoms with Gasteiger partial charge in [0, 0.05) is 6.42 Å². The number of hydrazone groups is 1. The number of rotatable bonds is 12. The average molecular weight is 585 g/mol. The molecule has 42 heavy (non-hydrogen) atoms. The highest BCUT2D eigenvalue weighted by atomic mass is 32.2. The van der Waals surface area contributed by atoms with Crippen LogP contribution in [-0.4, -0.2) is 53.4 Å². The Labute approximate surface area is 249 Å². The highest BCUT2D eigenvalue weighted by Gasteiger charge is 2.35. The Morgan fingerprint density at radius 3 is 2.48 bits per heavy atom. The molecular formula is C32H32N4O5S. The van der Waals surface area contributed by atoms with Crippen molar-refractivity contribution in [1.29, 1.82) is 5.41 Å². The van der Waals surface area contributed by atoms with Gasteiger partial charge in [-0.15, -0.1) is 0 Å². The Balaban J connectivity index is 1.22. The predicted molar refractivity (Wildman–Crippen MR) is 166 cm³/mol. The standard InChI is InChI=1S/C32H32N4O5S/c1-4-38-28-19-23(12-15-27(28)40-17-7-16-39-24-13-10-21(2)11-14-24)18-25-30(33)36-32(34-31(25)37)42-29(35-36)20-41-26-9-6-5-8-22(26)3/h5-6,8-15,18-19,33H,4,7,16-17,20H2,1-3H3. The Morgan fingerprint density at radius 2 is 1.69 bits per heavy atom. The molecule has 1 N–H and O–H groups in total. The molecule has 10 heteroatoms. The largest absolute Gasteiger partial charge is 0.493 e. The van der Waals surface area contributed by atoms with E-state index in [-0.39, 0.29) is 18.0 Å². The minimum absolute atomic E-state index is 0.0461. The molecular weight excluding hydrogens is 552 g/mol. The van der Waals surface area contributed by atoms with Gasteiger partial charge in [-0.3, -0.25) is 10.2 Å². The number of nitrogens with one attached hydrogen (secondary N) is 1. The van der Waals surface area contributed by atoms with Crippen molar-refractivity contribution in [3.05, 3.63) is 89.0 Å². The van der Waals surface area contributed by atoms with Crippen LogP contribution in [0.15, 0.2) is 82.4 Å². The highest BCUT2D eigenvalue weighted by Crippen LogP contribution is 2.32. The van der Waals surface area contributed by atoms with Gasteiger partial charge < -0.3 is 18.9 Å². The summed E-state index contributed by atoms with van der Waals surface area (Å²) in [5, 5.41) is 15.5. The van der Waals surface area contributed by atoms with Crippen molar-refractivity contribution in [3.63, 3.8) is 0 Å². The summed E-state index contributed by atoms with van der Waals surface area (Å²) in [6.45, 7) is 7.54. The number of carbonyl (C=O) groups excluding carboxylic acids is 1. The summed E-state index contributed by atoms with van der Waals surface area (Å²) < 4.78 is 23.4. The van der Waals surface area contributed by atoms with E-state index in [1.54, 1.807) is 18.2 Å². The minimum atomic E-state index is -0.498. The molecule has 2 aliphatic heterocycles. The first-order chi connectivity index (χ1) is 20.4. The minimum Gasteiger partial charge on any atom is -0.493 e. The number of amides is 1. The molecule has 0 fully saturated rings. The van der Waals surface area contributed by atoms with E-state index in [2.05, 4.69) is 10.1 Å². The molecule has 0 bridgehead atoms. The molecule has 0 saturated heterocycles. The Morgan fingerprint density at radius 1 is 0.905 bits per heavy atom. The van der Waals surface area contributed by atoms with Gasteiger partial charge in [0.15, 0.2) is 17.3 Å². The van der Waals surface area contributed by atoms with E-state index in [1.165, 1.54) is 22.3 Å². The van der Waals surface area contributed by atoms with Crippen LogP contribution in [0, 0.1) is 19.3 Å². The van der Waals surface area contributed by atoms with Gasteiger partial charge in [-0.1, -0.05) is 42.0 Å². The fourth-order valence-electron chi connectivity index (χ4n) is 4.18. The van der Waals surface area contributed by atoms with Gasteiger partial charge in [0.05, 0.1) is 25.4 Å². The Hall–Kier alpha value is -4.57. The van der Waals surface area contributed by atoms with Crippen LogP contribution in [0.5, 0.6) is 23.0 Å². The third-order valence-electron chi connectivity index (χ3n) is 6.36. The molecule has 0 saturated carbocycles. The zero-order chi connectivity index (χ0) is 29.5. The molecule has 1 amide bonds. The zero-order valence-electron chi connectivity index (χ0n) is 23.8. The van der Waals surface area contributed by atoms with Crippen LogP contribution >= 0.6 is 11.8 Å². The summed E-state index contributed by atoms with van der Waals surface area (Å²) in [5.74, 6) is 2.19. The van der Waals surface area contributed by atoms with Crippen molar-refractivity contribution >= 4 is 39.8 Å². The fraction of sp³-hybridized carbons (Fsp3) is 0.250. The van der Waals surface area contributed by atoms with Gasteiger partial charge in [0.1, 0.15) is 23.1 Å². The first-order valence-electron chi connectivity index (χ1n) is 13.7. The van der Waals surface area contributed by atoms with E-state index in [0.29, 0.717) is 53.5 Å². The predicted octanol–water partition coefficient (Wildman–Crippen LogP) is 6.25. The van der Waals surface area contributed by atoms with E-state index in [9.17, 15) is 4.79 Å². The molecule has 216 valence electrons. The normalized spacial score (nSPS) is 15.3. The van der Waals surface area contributed by atoms with Crippen LogP contribution in [-0.2, 0) is 4.79 Å². The number of nitrogens with zero attached hydrogens (tertiary/aromatic N) is 3. The number of para-hydroxylation sites is 1. The van der Waals surface area contributed by atoms with Crippen molar-refractivity contribution in [2.75, 3.05) is 26.4 Å². The molecule has 0 spiro atoms. The monoisotopic (exact) mass is 584 g/mol. The van der Waals surface area contributed by atoms with E-state index in [0.717, 1.165) is 17.1 Å². The summed E-state index contributed by atoms with van der Waals surface area (Å²) in [7, 11) is 0. The van der Waals surface area contributed by atoms with Gasteiger partial charge in [-0.2, -0.15) is 15.1 Å². The summed E-state index contributed by atoms with van der Waals surface area (Å²) in [4.78, 5) is 17.1. The summed E-state index contributed by atoms with van der Waals surface area (Å²) in [6, 6.07) is 21.1. The lowest BCUT2D eigenvalue weighted by atomic mass is 10.1. The lowest BCUT2D eigenvalue weighted by Gasteiger charge is -2.20. The molecule has 3 aromatic rings. The zero-order valence-corrected chi connectivity index (χ0v) is 24.6. The first kappa shape index (κ1) is 28.9. The molecule has 2 aliphatic rings. The van der Waals surface area contributed by atoms with Crippen molar-refractivity contribution in [3.8, 4) is 23.0 Å². The van der Waals surface area contributed by atoms with Crippen molar-refractivity contribution in [1.82, 2.24) is 5.01 Å². The van der Waals surface area contributed by atoms with Gasteiger partial charge in [-0.25, -0.2) is 0 Å². The first-order valence-corrected chi connectivity index (χ1v) is 14.5. The van der Waals surface area contributed by atoms with Gasteiger partial charge in [0.25, 0.3) is 5.91 Å². The smallest absolute Gasteiger partial charge is 0.283 e. The number of amidine groups is 2. The fourth-order valence-corrected chi connectivity index (χ4v) is 4.98. The van der Waals surface area contributed by atoms with E-state index >= 15 is 0 Å². The van der Waals surface area contributed by atoms with Crippen molar-refractivity contribution < 1.29 is 23.7 Å². The molecule has 0 radical (unpaired) electrons. The Kier molecular flexibility index (Phi) is 9.23. The lowest BCUT2D eigenvalue weighted by molar-refractivity contribution is -0.114. The van der Waals surface area contributed by atoms with Gasteiger partial charge in [-0.05, 0) is 80.1 Å². The topological polar surface area (TPSA) is 106 Å². The number of thioether (sulfide) groups is 1. The van der Waals surface area contributed by atoms with Crippen LogP contribution in [0.2, 0.25) is 0 Å². The lowest BCUT2D eigenvalue weighted by Crippen LogP contribution is -2.35. The summed E-state index contributed by atoms with van der Waals surface area (Å²) in [5.41, 5.74) is 3.01. The second kappa shape index (κ2) is 13.4. The number of benzene rings is 3. The average Bonchev–Trinajstić information content (AvgIpc) is 3.39. The maximum absolute atomic E-state index is 12.9. The number of hydrogen-bond donors (Lipinski definition) is 1. The van der Waals surface area contributed by atoms with Crippen LogP contribution in [0.25, 0.3) is 6.08 Å². The van der Waals surface area contributed by atoms with Crippen molar-refractivity contribution in [2.45, 2.75) is 27.2 Å². The second-order valence-corrected chi connectivity index (χ2v) is 10.6. The number of aryl methyl sites for hydroxylation is 2. The van der Waals surface area contributed by atoms with E-state index in [1.807, 2.05) is 75.4 Å². The van der Waals surface area contributed by atoms with Crippen molar-refractivity contribution in [2.24, 2.45) is 10.1 Å². The van der Waals surface area contributed by atoms with Crippen LogP contribution < -0.4 is 18.9 Å². The summed E-state index contributed by atoms with van der Waals surface area (Å²) in [6.07, 6.45) is 2.32. The van der Waals surface area contributed by atoms with Gasteiger partial charge in [0.2, 0.25) is 5.17 Å². The maximum Gasteiger partial charge on any atom is 0.283 e. The number of hydrogen-bond acceptors (Lipinski definition) is 8. The second-order valence-electron chi connectivity index (χ2n) is 9.57. The SMILES string of the molecule is CCOc1cc(C=C2C(=N)N3N=C(COc4ccccc4C)SC3=NC2=O)ccc1OCCCOc1ccc(C)cc1. The van der Waals surface area contributed by atoms with E-state index in [4.69, 9.17) is 24.4 Å². The number of ether oxygens (including phenoxy) is 4. The number of aliphatic imine (C=N–C) groups is 1. The highest BCUT2D eigenvalue weighted by molar-refractivity contribution is 8.27. The quantitative estimate of drug-likeness (QED) is 0.198. The molecule has 0 aliphatic carbocycles. The van der Waals surface area contributed by atoms with Crippen LogP contribution in [0.4, 0.5) is 0 Å². The van der Waals surface area contributed by atoms with Gasteiger partial charge >= 0.3 is 0 Å². The molecule has 9 nitrogen and oxygen atoms in total. The van der Waals surface area contributed by atoms with E-state index < -0.39 is 5.91 Å². The number of fused-ring (bicyclic) bond motifs is 1. The van der Waals surface area contributed by atoms with Crippen LogP contribution in [0.1, 0.15) is 30.0 Å². The summed E-state index contributed by atoms with van der Waals surface area (Å²) >= 11 is 1.22.